The summed E-state index contributed by atoms with van der Waals surface area (Å²) < 4.78 is 10.3. The number of hydrogen-bond donors (Lipinski definition) is 2. The van der Waals surface area contributed by atoms with Crippen LogP contribution in [0.25, 0.3) is 16.8 Å². The maximum Gasteiger partial charge on any atom is 0.248 e. The molecular weight excluding hydrogens is 390 g/mol. The highest BCUT2D eigenvalue weighted by Crippen LogP contribution is 2.32. The molecule has 1 amide bonds. The molecule has 0 aliphatic carbocycles. The summed E-state index contributed by atoms with van der Waals surface area (Å²) in [5, 5.41) is 4.83. The van der Waals surface area contributed by atoms with Crippen molar-refractivity contribution in [3.63, 3.8) is 0 Å². The maximum atomic E-state index is 12.6. The molecular formula is C22H22ClN3O3. The number of methoxy groups -OCH3 is 2. The van der Waals surface area contributed by atoms with Crippen LogP contribution in [0.15, 0.2) is 48.5 Å². The number of nitrogens with zero attached hydrogens (tertiary/aromatic N) is 1. The first-order valence-corrected chi connectivity index (χ1v) is 9.55. The van der Waals surface area contributed by atoms with E-state index in [1.54, 1.807) is 24.3 Å². The first-order valence-electron chi connectivity index (χ1n) is 9.01. The van der Waals surface area contributed by atoms with Crippen molar-refractivity contribution in [1.29, 1.82) is 0 Å². The zero-order valence-corrected chi connectivity index (χ0v) is 17.0. The predicted octanol–water partition coefficient (Wildman–Crippen LogP) is 4.27. The largest absolute Gasteiger partial charge is 0.481 e. The number of nitrogens with one attached hydrogen (secondary N) is 1. The third-order valence-electron chi connectivity index (χ3n) is 4.47. The van der Waals surface area contributed by atoms with E-state index in [1.165, 1.54) is 20.3 Å². The zero-order valence-electron chi connectivity index (χ0n) is 16.2. The van der Waals surface area contributed by atoms with E-state index in [0.717, 1.165) is 16.3 Å². The first kappa shape index (κ1) is 20.5. The number of ether oxygens (including phenoxy) is 2. The van der Waals surface area contributed by atoms with Gasteiger partial charge in [-0.2, -0.15) is 4.98 Å². The number of aryl methyl sites for hydroxylation is 1. The summed E-state index contributed by atoms with van der Waals surface area (Å²) in [6.45, 7) is 0. The number of halogens is 1. The van der Waals surface area contributed by atoms with Crippen LogP contribution in [0.3, 0.4) is 0 Å². The molecule has 3 N–H and O–H groups in total. The molecule has 0 spiro atoms. The number of pyridine rings is 1. The number of anilines is 2. The lowest BCUT2D eigenvalue weighted by atomic mass is 9.99. The van der Waals surface area contributed by atoms with Gasteiger partial charge in [-0.05, 0) is 35.6 Å². The topological polar surface area (TPSA) is 86.5 Å². The van der Waals surface area contributed by atoms with Gasteiger partial charge in [-0.3, -0.25) is 4.79 Å². The lowest BCUT2D eigenvalue weighted by molar-refractivity contribution is -0.111. The lowest BCUT2D eigenvalue weighted by Gasteiger charge is -2.15. The van der Waals surface area contributed by atoms with Crippen molar-refractivity contribution in [3.8, 4) is 11.8 Å². The smallest absolute Gasteiger partial charge is 0.248 e. The molecule has 1 heterocycles. The summed E-state index contributed by atoms with van der Waals surface area (Å²) in [5.41, 5.74) is 9.04. The van der Waals surface area contributed by atoms with Crippen LogP contribution in [0.1, 0.15) is 11.1 Å². The van der Waals surface area contributed by atoms with Gasteiger partial charge in [-0.25, -0.2) is 0 Å². The van der Waals surface area contributed by atoms with Gasteiger partial charge >= 0.3 is 0 Å². The molecule has 0 radical (unpaired) electrons. The van der Waals surface area contributed by atoms with Crippen molar-refractivity contribution in [3.05, 3.63) is 59.7 Å². The summed E-state index contributed by atoms with van der Waals surface area (Å²) in [6, 6.07) is 13.0. The van der Waals surface area contributed by atoms with E-state index < -0.39 is 0 Å². The molecule has 3 rings (SSSR count). The number of amides is 1. The molecule has 0 fully saturated rings. The zero-order chi connectivity index (χ0) is 20.8. The van der Waals surface area contributed by atoms with Crippen LogP contribution in [0.4, 0.5) is 11.4 Å². The van der Waals surface area contributed by atoms with Gasteiger partial charge in [0.15, 0.2) is 0 Å². The highest BCUT2D eigenvalue weighted by atomic mass is 35.5. The predicted molar refractivity (Wildman–Crippen MR) is 118 cm³/mol. The van der Waals surface area contributed by atoms with Crippen LogP contribution in [-0.2, 0) is 11.2 Å². The van der Waals surface area contributed by atoms with Gasteiger partial charge in [0.05, 0.1) is 14.2 Å². The molecule has 3 aromatic rings. The second kappa shape index (κ2) is 9.30. The van der Waals surface area contributed by atoms with Gasteiger partial charge in [0, 0.05) is 40.3 Å². The highest BCUT2D eigenvalue weighted by molar-refractivity contribution is 6.18. The van der Waals surface area contributed by atoms with Crippen molar-refractivity contribution in [2.75, 3.05) is 31.2 Å². The van der Waals surface area contributed by atoms with E-state index >= 15 is 0 Å². The standard InChI is InChI=1S/C22H22ClN3O3/c1-28-21-10-8-14(22(26-21)29-2)7-9-20(27)25-19-13-18(24)16-6-4-3-5-15(16)17(19)11-12-23/h3-10,13H,11-12,24H2,1-2H3,(H,25,27). The van der Waals surface area contributed by atoms with Crippen LogP contribution < -0.4 is 20.5 Å². The molecule has 0 aliphatic heterocycles. The SMILES string of the molecule is COc1ccc(C=CC(=O)Nc2cc(N)c3ccccc3c2CCCl)c(OC)n1. The summed E-state index contributed by atoms with van der Waals surface area (Å²) in [7, 11) is 3.04. The Hall–Kier alpha value is -3.25. The molecule has 0 saturated carbocycles. The fourth-order valence-electron chi connectivity index (χ4n) is 3.12. The molecule has 0 aliphatic rings. The molecule has 0 bridgehead atoms. The molecule has 6 nitrogen and oxygen atoms in total. The number of nitrogen functional groups attached to an aromatic ring is 1. The minimum Gasteiger partial charge on any atom is -0.481 e. The van der Waals surface area contributed by atoms with Crippen LogP contribution in [-0.4, -0.2) is 31.0 Å². The Bertz CT molecular complexity index is 1070. The van der Waals surface area contributed by atoms with Gasteiger partial charge in [0.2, 0.25) is 17.7 Å². The van der Waals surface area contributed by atoms with Crippen molar-refractivity contribution in [1.82, 2.24) is 4.98 Å². The number of aromatic nitrogens is 1. The Morgan fingerprint density at radius 3 is 2.62 bits per heavy atom. The number of nitrogens with two attached hydrogens (primary N) is 1. The van der Waals surface area contributed by atoms with Crippen LogP contribution in [0, 0.1) is 0 Å². The minimum atomic E-state index is -0.298. The third kappa shape index (κ3) is 4.60. The Morgan fingerprint density at radius 2 is 1.93 bits per heavy atom. The molecule has 2 aromatic carbocycles. The van der Waals surface area contributed by atoms with Gasteiger partial charge < -0.3 is 20.5 Å². The average molecular weight is 412 g/mol. The number of rotatable bonds is 7. The molecule has 0 saturated heterocycles. The number of alkyl halides is 1. The molecule has 150 valence electrons. The second-order valence-corrected chi connectivity index (χ2v) is 6.63. The van der Waals surface area contributed by atoms with E-state index in [-0.39, 0.29) is 5.91 Å². The summed E-state index contributed by atoms with van der Waals surface area (Å²) >= 11 is 6.00. The molecule has 0 atom stereocenters. The number of carbonyl (C=O) groups excluding carboxylic acids is 1. The van der Waals surface area contributed by atoms with E-state index in [0.29, 0.717) is 41.0 Å². The van der Waals surface area contributed by atoms with Crippen molar-refractivity contribution in [2.24, 2.45) is 0 Å². The summed E-state index contributed by atoms with van der Waals surface area (Å²) in [5.74, 6) is 0.932. The van der Waals surface area contributed by atoms with Gasteiger partial charge in [0.1, 0.15) is 0 Å². The average Bonchev–Trinajstić information content (AvgIpc) is 2.74. The fraction of sp³-hybridized carbons (Fsp3) is 0.182. The van der Waals surface area contributed by atoms with Crippen molar-refractivity contribution >= 4 is 45.7 Å². The van der Waals surface area contributed by atoms with Gasteiger partial charge in [0.25, 0.3) is 0 Å². The fourth-order valence-corrected chi connectivity index (χ4v) is 3.31. The highest BCUT2D eigenvalue weighted by Gasteiger charge is 2.12. The number of carbonyl (C=O) groups is 1. The lowest BCUT2D eigenvalue weighted by Crippen LogP contribution is -2.11. The van der Waals surface area contributed by atoms with Crippen molar-refractivity contribution in [2.45, 2.75) is 6.42 Å². The second-order valence-electron chi connectivity index (χ2n) is 6.25. The summed E-state index contributed by atoms with van der Waals surface area (Å²) in [4.78, 5) is 16.8. The quantitative estimate of drug-likeness (QED) is 0.344. The van der Waals surface area contributed by atoms with E-state index in [9.17, 15) is 4.79 Å². The molecule has 29 heavy (non-hydrogen) atoms. The Balaban J connectivity index is 1.88. The number of fused-ring (bicyclic) bond motifs is 1. The third-order valence-corrected chi connectivity index (χ3v) is 4.66. The van der Waals surface area contributed by atoms with E-state index in [4.69, 9.17) is 26.8 Å². The summed E-state index contributed by atoms with van der Waals surface area (Å²) in [6.07, 6.45) is 3.66. The number of hydrogen-bond acceptors (Lipinski definition) is 5. The molecule has 1 aromatic heterocycles. The first-order chi connectivity index (χ1) is 14.1. The van der Waals surface area contributed by atoms with Gasteiger partial charge in [-0.15, -0.1) is 11.6 Å². The minimum absolute atomic E-state index is 0.298. The monoisotopic (exact) mass is 411 g/mol. The van der Waals surface area contributed by atoms with E-state index in [2.05, 4.69) is 10.3 Å². The molecule has 7 heteroatoms. The van der Waals surface area contributed by atoms with Crippen LogP contribution in [0.5, 0.6) is 11.8 Å². The molecule has 0 unspecified atom stereocenters. The Kier molecular flexibility index (Phi) is 6.57. The van der Waals surface area contributed by atoms with Crippen LogP contribution >= 0.6 is 11.6 Å². The van der Waals surface area contributed by atoms with Crippen molar-refractivity contribution < 1.29 is 14.3 Å². The normalized spacial score (nSPS) is 11.0. The van der Waals surface area contributed by atoms with Crippen LogP contribution in [0.2, 0.25) is 0 Å². The number of benzene rings is 2. The Labute approximate surface area is 174 Å². The Morgan fingerprint density at radius 1 is 1.17 bits per heavy atom. The van der Waals surface area contributed by atoms with E-state index in [1.807, 2.05) is 24.3 Å². The van der Waals surface area contributed by atoms with Gasteiger partial charge in [-0.1, -0.05) is 24.3 Å². The maximum absolute atomic E-state index is 12.6.